The molecule has 1 aromatic carbocycles. The van der Waals surface area contributed by atoms with Crippen molar-refractivity contribution in [1.29, 1.82) is 0 Å². The first-order valence-electron chi connectivity index (χ1n) is 8.50. The summed E-state index contributed by atoms with van der Waals surface area (Å²) in [4.78, 5) is 9.00. The maximum absolute atomic E-state index is 13.4. The van der Waals surface area contributed by atoms with Crippen LogP contribution in [0.1, 0.15) is 40.2 Å². The van der Waals surface area contributed by atoms with Crippen LogP contribution in [0.4, 0.5) is 24.7 Å². The van der Waals surface area contributed by atoms with Crippen LogP contribution < -0.4 is 14.4 Å². The quantitative estimate of drug-likeness (QED) is 0.708. The molecule has 0 amide bonds. The fourth-order valence-electron chi connectivity index (χ4n) is 2.29. The van der Waals surface area contributed by atoms with Crippen LogP contribution in [0.15, 0.2) is 30.5 Å². The Hall–Kier alpha value is -2.51. The van der Waals surface area contributed by atoms with Crippen LogP contribution in [0.3, 0.4) is 0 Å². The fraction of sp³-hybridized carbons (Fsp3) is 0.474. The van der Waals surface area contributed by atoms with Gasteiger partial charge in [0.1, 0.15) is 16.9 Å². The van der Waals surface area contributed by atoms with Crippen LogP contribution in [-0.4, -0.2) is 28.7 Å². The summed E-state index contributed by atoms with van der Waals surface area (Å²) < 4.78 is 51.3. The van der Waals surface area contributed by atoms with E-state index >= 15 is 0 Å². The number of benzene rings is 1. The van der Waals surface area contributed by atoms with E-state index in [9.17, 15) is 13.2 Å². The zero-order valence-corrected chi connectivity index (χ0v) is 16.3. The van der Waals surface area contributed by atoms with Gasteiger partial charge in [0.2, 0.25) is 0 Å². The Bertz CT molecular complexity index is 769. The molecule has 0 atom stereocenters. The fourth-order valence-corrected chi connectivity index (χ4v) is 2.29. The standard InChI is InChI=1S/C19H24F3N3O2/c1-12(2)26-17-23-11-15(19(20,21)22)16(24-17)25(6)13-7-9-14(10-8-13)27-18(3,4)5/h7-12H,1-6H3. The Kier molecular flexibility index (Phi) is 5.87. The van der Waals surface area contributed by atoms with Crippen molar-refractivity contribution in [3.8, 4) is 11.8 Å². The molecule has 1 heterocycles. The minimum absolute atomic E-state index is 0.104. The van der Waals surface area contributed by atoms with E-state index in [2.05, 4.69) is 9.97 Å². The highest BCUT2D eigenvalue weighted by Crippen LogP contribution is 2.38. The number of aromatic nitrogens is 2. The molecule has 27 heavy (non-hydrogen) atoms. The third-order valence-electron chi connectivity index (χ3n) is 3.36. The van der Waals surface area contributed by atoms with Crippen molar-refractivity contribution >= 4 is 11.5 Å². The van der Waals surface area contributed by atoms with Crippen molar-refractivity contribution in [3.05, 3.63) is 36.0 Å². The van der Waals surface area contributed by atoms with Gasteiger partial charge in [-0.25, -0.2) is 4.98 Å². The van der Waals surface area contributed by atoms with Crippen LogP contribution in [-0.2, 0) is 6.18 Å². The number of anilines is 2. The summed E-state index contributed by atoms with van der Waals surface area (Å²) in [5, 5.41) is 0. The molecule has 0 aliphatic rings. The summed E-state index contributed by atoms with van der Waals surface area (Å²) in [5.74, 6) is 0.347. The third-order valence-corrected chi connectivity index (χ3v) is 3.36. The van der Waals surface area contributed by atoms with Gasteiger partial charge in [-0.15, -0.1) is 0 Å². The lowest BCUT2D eigenvalue weighted by atomic mass is 10.2. The van der Waals surface area contributed by atoms with Crippen LogP contribution >= 0.6 is 0 Å². The summed E-state index contributed by atoms with van der Waals surface area (Å²) in [7, 11) is 1.51. The van der Waals surface area contributed by atoms with E-state index in [0.717, 1.165) is 6.20 Å². The van der Waals surface area contributed by atoms with E-state index in [0.29, 0.717) is 11.4 Å². The summed E-state index contributed by atoms with van der Waals surface area (Å²) in [6, 6.07) is 6.65. The maximum Gasteiger partial charge on any atom is 0.421 e. The largest absolute Gasteiger partial charge is 0.488 e. The predicted molar refractivity (Wildman–Crippen MR) is 97.7 cm³/mol. The van der Waals surface area contributed by atoms with E-state index in [1.54, 1.807) is 38.1 Å². The lowest BCUT2D eigenvalue weighted by Gasteiger charge is -2.24. The normalized spacial score (nSPS) is 12.2. The van der Waals surface area contributed by atoms with E-state index in [-0.39, 0.29) is 23.5 Å². The summed E-state index contributed by atoms with van der Waals surface area (Å²) in [6.07, 6.45) is -4.10. The molecule has 0 aliphatic carbocycles. The van der Waals surface area contributed by atoms with Gasteiger partial charge in [-0.05, 0) is 58.9 Å². The van der Waals surface area contributed by atoms with Gasteiger partial charge >= 0.3 is 12.2 Å². The summed E-state index contributed by atoms with van der Waals surface area (Å²) >= 11 is 0. The van der Waals surface area contributed by atoms with Gasteiger partial charge in [-0.1, -0.05) is 0 Å². The second-order valence-electron chi connectivity index (χ2n) is 7.32. The van der Waals surface area contributed by atoms with Crippen molar-refractivity contribution < 1.29 is 22.6 Å². The highest BCUT2D eigenvalue weighted by atomic mass is 19.4. The van der Waals surface area contributed by atoms with E-state index < -0.39 is 11.7 Å². The molecule has 0 radical (unpaired) electrons. The molecule has 0 saturated carbocycles. The number of rotatable bonds is 5. The van der Waals surface area contributed by atoms with Gasteiger partial charge in [0.25, 0.3) is 0 Å². The molecule has 0 aliphatic heterocycles. The van der Waals surface area contributed by atoms with Crippen molar-refractivity contribution in [2.75, 3.05) is 11.9 Å². The Morgan fingerprint density at radius 2 is 1.63 bits per heavy atom. The summed E-state index contributed by atoms with van der Waals surface area (Å²) in [6.45, 7) is 9.25. The second kappa shape index (κ2) is 7.62. The first-order valence-corrected chi connectivity index (χ1v) is 8.50. The van der Waals surface area contributed by atoms with Crippen molar-refractivity contribution in [2.45, 2.75) is 52.5 Å². The maximum atomic E-state index is 13.4. The molecule has 0 N–H and O–H groups in total. The molecule has 5 nitrogen and oxygen atoms in total. The highest BCUT2D eigenvalue weighted by molar-refractivity contribution is 5.63. The highest BCUT2D eigenvalue weighted by Gasteiger charge is 2.36. The predicted octanol–water partition coefficient (Wildman–Crippen LogP) is 5.23. The number of hydrogen-bond acceptors (Lipinski definition) is 5. The minimum atomic E-state index is -4.59. The molecule has 2 rings (SSSR count). The molecule has 8 heteroatoms. The molecule has 0 fully saturated rings. The average Bonchev–Trinajstić information content (AvgIpc) is 2.51. The van der Waals surface area contributed by atoms with Gasteiger partial charge in [0, 0.05) is 18.9 Å². The number of nitrogens with zero attached hydrogens (tertiary/aromatic N) is 3. The number of ether oxygens (including phenoxy) is 2. The zero-order chi connectivity index (χ0) is 20.4. The van der Waals surface area contributed by atoms with Gasteiger partial charge in [-0.2, -0.15) is 18.2 Å². The SMILES string of the molecule is CC(C)Oc1ncc(C(F)(F)F)c(N(C)c2ccc(OC(C)(C)C)cc2)n1. The molecule has 0 bridgehead atoms. The van der Waals surface area contributed by atoms with E-state index in [1.807, 2.05) is 20.8 Å². The van der Waals surface area contributed by atoms with E-state index in [1.165, 1.54) is 11.9 Å². The molecule has 1 aromatic heterocycles. The number of hydrogen-bond donors (Lipinski definition) is 0. The topological polar surface area (TPSA) is 47.5 Å². The van der Waals surface area contributed by atoms with E-state index in [4.69, 9.17) is 9.47 Å². The first-order chi connectivity index (χ1) is 12.4. The molecule has 0 spiro atoms. The van der Waals surface area contributed by atoms with Crippen LogP contribution in [0.2, 0.25) is 0 Å². The monoisotopic (exact) mass is 383 g/mol. The first kappa shape index (κ1) is 20.8. The lowest BCUT2D eigenvalue weighted by molar-refractivity contribution is -0.137. The lowest BCUT2D eigenvalue weighted by Crippen LogP contribution is -2.23. The number of halogens is 3. The van der Waals surface area contributed by atoms with Gasteiger partial charge in [-0.3, -0.25) is 0 Å². The van der Waals surface area contributed by atoms with Crippen molar-refractivity contribution in [2.24, 2.45) is 0 Å². The summed E-state index contributed by atoms with van der Waals surface area (Å²) in [5.41, 5.74) is -0.779. The van der Waals surface area contributed by atoms with Crippen molar-refractivity contribution in [1.82, 2.24) is 9.97 Å². The molecule has 0 unspecified atom stereocenters. The van der Waals surface area contributed by atoms with Crippen molar-refractivity contribution in [3.63, 3.8) is 0 Å². The van der Waals surface area contributed by atoms with Gasteiger partial charge in [0.15, 0.2) is 5.82 Å². The third kappa shape index (κ3) is 5.74. The zero-order valence-electron chi connectivity index (χ0n) is 16.3. The molecule has 2 aromatic rings. The molecule has 148 valence electrons. The molecular weight excluding hydrogens is 359 g/mol. The average molecular weight is 383 g/mol. The Balaban J connectivity index is 2.39. The van der Waals surface area contributed by atoms with Crippen LogP contribution in [0, 0.1) is 0 Å². The smallest absolute Gasteiger partial charge is 0.421 e. The molecule has 0 saturated heterocycles. The molecular formula is C19H24F3N3O2. The van der Waals surface area contributed by atoms with Gasteiger partial charge < -0.3 is 14.4 Å². The van der Waals surface area contributed by atoms with Crippen LogP contribution in [0.25, 0.3) is 0 Å². The Morgan fingerprint density at radius 1 is 1.04 bits per heavy atom. The minimum Gasteiger partial charge on any atom is -0.488 e. The Morgan fingerprint density at radius 3 is 2.11 bits per heavy atom. The van der Waals surface area contributed by atoms with Gasteiger partial charge in [0.05, 0.1) is 6.10 Å². The Labute approximate surface area is 157 Å². The number of alkyl halides is 3. The van der Waals surface area contributed by atoms with Crippen LogP contribution in [0.5, 0.6) is 11.8 Å². The second-order valence-corrected chi connectivity index (χ2v) is 7.32.